The Hall–Kier alpha value is -2.15. The highest BCUT2D eigenvalue weighted by molar-refractivity contribution is 5.74. The van der Waals surface area contributed by atoms with E-state index in [-0.39, 0.29) is 19.0 Å². The number of urea groups is 1. The highest BCUT2D eigenvalue weighted by Gasteiger charge is 2.39. The Morgan fingerprint density at radius 2 is 2.38 bits per heavy atom. The van der Waals surface area contributed by atoms with E-state index in [0.717, 1.165) is 11.2 Å². The lowest BCUT2D eigenvalue weighted by Crippen LogP contribution is -2.41. The Balaban J connectivity index is 1.58. The number of nitrogens with one attached hydrogen (secondary N) is 1. The second kappa shape index (κ2) is 5.33. The van der Waals surface area contributed by atoms with Crippen LogP contribution in [0.5, 0.6) is 0 Å². The number of fused-ring (bicyclic) bond motifs is 1. The number of rotatable bonds is 3. The van der Waals surface area contributed by atoms with Gasteiger partial charge in [-0.25, -0.2) is 14.2 Å². The predicted molar refractivity (Wildman–Crippen MR) is 74.5 cm³/mol. The molecule has 6 nitrogen and oxygen atoms in total. The number of amides is 2. The molecule has 2 aromatic rings. The first-order valence-corrected chi connectivity index (χ1v) is 6.84. The number of carbonyl (C=O) groups excluding carboxylic acids is 1. The molecule has 0 radical (unpaired) electrons. The fraction of sp³-hybridized carbons (Fsp3) is 0.429. The minimum Gasteiger partial charge on any atom is -0.393 e. The Morgan fingerprint density at radius 3 is 3.14 bits per heavy atom. The smallest absolute Gasteiger partial charge is 0.317 e. The van der Waals surface area contributed by atoms with E-state index in [4.69, 9.17) is 5.11 Å². The Kier molecular flexibility index (Phi) is 3.50. The summed E-state index contributed by atoms with van der Waals surface area (Å²) in [6, 6.07) is 3.47. The van der Waals surface area contributed by atoms with Crippen LogP contribution in [0.2, 0.25) is 0 Å². The minimum atomic E-state index is -1.66. The summed E-state index contributed by atoms with van der Waals surface area (Å²) in [5.74, 6) is 0. The summed E-state index contributed by atoms with van der Waals surface area (Å²) >= 11 is 0. The van der Waals surface area contributed by atoms with E-state index in [1.807, 2.05) is 28.9 Å². The van der Waals surface area contributed by atoms with Crippen molar-refractivity contribution < 1.29 is 14.3 Å². The van der Waals surface area contributed by atoms with Crippen molar-refractivity contribution >= 4 is 11.7 Å². The number of aliphatic hydroxyl groups is 1. The summed E-state index contributed by atoms with van der Waals surface area (Å²) in [7, 11) is 0. The highest BCUT2D eigenvalue weighted by Crippen LogP contribution is 2.24. The number of alkyl halides is 1. The molecule has 21 heavy (non-hydrogen) atoms. The quantitative estimate of drug-likeness (QED) is 0.885. The summed E-state index contributed by atoms with van der Waals surface area (Å²) in [5, 5.41) is 11.7. The van der Waals surface area contributed by atoms with E-state index < -0.39 is 12.3 Å². The third kappa shape index (κ3) is 2.82. The van der Waals surface area contributed by atoms with Crippen LogP contribution in [0.4, 0.5) is 9.18 Å². The number of halogens is 1. The largest absolute Gasteiger partial charge is 0.393 e. The molecule has 2 amide bonds. The van der Waals surface area contributed by atoms with Crippen LogP contribution in [0.25, 0.3) is 5.65 Å². The molecule has 0 spiro atoms. The zero-order chi connectivity index (χ0) is 14.9. The second-order valence-corrected chi connectivity index (χ2v) is 5.37. The molecule has 1 saturated heterocycles. The summed E-state index contributed by atoms with van der Waals surface area (Å²) in [4.78, 5) is 17.6. The van der Waals surface area contributed by atoms with Crippen molar-refractivity contribution in [2.75, 3.05) is 19.7 Å². The normalized spacial score (nSPS) is 21.9. The van der Waals surface area contributed by atoms with E-state index in [1.165, 1.54) is 4.90 Å². The lowest BCUT2D eigenvalue weighted by molar-refractivity contribution is 0.0805. The summed E-state index contributed by atoms with van der Waals surface area (Å²) in [6.45, 7) is 0.0707. The van der Waals surface area contributed by atoms with Crippen LogP contribution in [-0.4, -0.2) is 50.8 Å². The van der Waals surface area contributed by atoms with Gasteiger partial charge in [-0.3, -0.25) is 0 Å². The van der Waals surface area contributed by atoms with Crippen LogP contribution >= 0.6 is 0 Å². The summed E-state index contributed by atoms with van der Waals surface area (Å²) in [5.41, 5.74) is 0.0763. The lowest BCUT2D eigenvalue weighted by Gasteiger charge is -2.19. The van der Waals surface area contributed by atoms with Gasteiger partial charge in [0.15, 0.2) is 5.67 Å². The number of hydrogen-bond acceptors (Lipinski definition) is 3. The van der Waals surface area contributed by atoms with Gasteiger partial charge in [0, 0.05) is 38.1 Å². The number of aliphatic hydroxyl groups excluding tert-OH is 1. The Labute approximate surface area is 121 Å². The number of imidazole rings is 1. The van der Waals surface area contributed by atoms with Crippen LogP contribution < -0.4 is 5.32 Å². The van der Waals surface area contributed by atoms with Gasteiger partial charge in [-0.1, -0.05) is 0 Å². The van der Waals surface area contributed by atoms with E-state index in [2.05, 4.69) is 10.3 Å². The number of hydrogen-bond donors (Lipinski definition) is 2. The zero-order valence-electron chi connectivity index (χ0n) is 11.5. The summed E-state index contributed by atoms with van der Waals surface area (Å²) in [6.07, 6.45) is 5.60. The second-order valence-electron chi connectivity index (χ2n) is 5.37. The molecule has 1 unspecified atom stereocenters. The maximum Gasteiger partial charge on any atom is 0.317 e. The van der Waals surface area contributed by atoms with Crippen molar-refractivity contribution in [2.24, 2.45) is 0 Å². The van der Waals surface area contributed by atoms with Gasteiger partial charge in [-0.15, -0.1) is 0 Å². The average molecular weight is 292 g/mol. The fourth-order valence-electron chi connectivity index (χ4n) is 2.49. The maximum absolute atomic E-state index is 13.9. The summed E-state index contributed by atoms with van der Waals surface area (Å²) < 4.78 is 15.8. The van der Waals surface area contributed by atoms with E-state index in [0.29, 0.717) is 13.1 Å². The standard InChI is InChI=1S/C14H17FN4O2/c15-14(10-20)2-5-19(9-14)13(21)17-8-11-1-4-18-6-3-16-12(18)7-11/h1,3-4,6-7,20H,2,5,8-10H2,(H,17,21). The first-order chi connectivity index (χ1) is 10.1. The predicted octanol–water partition coefficient (Wildman–Crippen LogP) is 0.950. The maximum atomic E-state index is 13.9. The zero-order valence-corrected chi connectivity index (χ0v) is 11.5. The highest BCUT2D eigenvalue weighted by atomic mass is 19.1. The van der Waals surface area contributed by atoms with Crippen molar-refractivity contribution in [3.63, 3.8) is 0 Å². The van der Waals surface area contributed by atoms with E-state index >= 15 is 0 Å². The van der Waals surface area contributed by atoms with Gasteiger partial charge < -0.3 is 19.7 Å². The van der Waals surface area contributed by atoms with Crippen LogP contribution in [0.1, 0.15) is 12.0 Å². The molecular weight excluding hydrogens is 275 g/mol. The van der Waals surface area contributed by atoms with Gasteiger partial charge in [0.1, 0.15) is 5.65 Å². The number of likely N-dealkylation sites (tertiary alicyclic amines) is 1. The van der Waals surface area contributed by atoms with Crippen molar-refractivity contribution in [2.45, 2.75) is 18.6 Å². The van der Waals surface area contributed by atoms with Crippen LogP contribution in [0.15, 0.2) is 30.7 Å². The third-order valence-electron chi connectivity index (χ3n) is 3.78. The van der Waals surface area contributed by atoms with Crippen molar-refractivity contribution in [1.82, 2.24) is 19.6 Å². The molecule has 0 saturated carbocycles. The SMILES string of the molecule is O=C(NCc1ccn2ccnc2c1)N1CCC(F)(CO)C1. The molecule has 2 N–H and O–H groups in total. The van der Waals surface area contributed by atoms with Crippen LogP contribution in [0, 0.1) is 0 Å². The van der Waals surface area contributed by atoms with Crippen molar-refractivity contribution in [3.05, 3.63) is 36.3 Å². The molecule has 7 heteroatoms. The molecule has 112 valence electrons. The molecule has 0 aliphatic carbocycles. The molecule has 3 rings (SSSR count). The molecule has 1 aliphatic rings. The molecule has 2 aromatic heterocycles. The van der Waals surface area contributed by atoms with Crippen LogP contribution in [-0.2, 0) is 6.54 Å². The van der Waals surface area contributed by atoms with E-state index in [9.17, 15) is 9.18 Å². The number of aromatic nitrogens is 2. The number of pyridine rings is 1. The molecule has 0 bridgehead atoms. The molecule has 0 aromatic carbocycles. The van der Waals surface area contributed by atoms with Gasteiger partial charge in [-0.05, 0) is 17.7 Å². The number of nitrogens with zero attached hydrogens (tertiary/aromatic N) is 3. The number of carbonyl (C=O) groups is 1. The average Bonchev–Trinajstić information content (AvgIpc) is 3.11. The van der Waals surface area contributed by atoms with Gasteiger partial charge in [-0.2, -0.15) is 0 Å². The fourth-order valence-corrected chi connectivity index (χ4v) is 2.49. The van der Waals surface area contributed by atoms with Crippen molar-refractivity contribution in [1.29, 1.82) is 0 Å². The van der Waals surface area contributed by atoms with Crippen molar-refractivity contribution in [3.8, 4) is 0 Å². The van der Waals surface area contributed by atoms with Gasteiger partial charge in [0.25, 0.3) is 0 Å². The first kappa shape index (κ1) is 13.8. The Morgan fingerprint density at radius 1 is 1.52 bits per heavy atom. The van der Waals surface area contributed by atoms with Crippen LogP contribution in [0.3, 0.4) is 0 Å². The topological polar surface area (TPSA) is 69.9 Å². The molecule has 1 atom stereocenters. The van der Waals surface area contributed by atoms with Gasteiger partial charge >= 0.3 is 6.03 Å². The minimum absolute atomic E-state index is 0.0609. The molecule has 1 fully saturated rings. The lowest BCUT2D eigenvalue weighted by atomic mass is 10.1. The van der Waals surface area contributed by atoms with Gasteiger partial charge in [0.05, 0.1) is 13.2 Å². The Bertz CT molecular complexity index is 659. The first-order valence-electron chi connectivity index (χ1n) is 6.84. The monoisotopic (exact) mass is 292 g/mol. The third-order valence-corrected chi connectivity index (χ3v) is 3.78. The molecule has 1 aliphatic heterocycles. The molecular formula is C14H17FN4O2. The van der Waals surface area contributed by atoms with Gasteiger partial charge in [0.2, 0.25) is 0 Å². The van der Waals surface area contributed by atoms with E-state index in [1.54, 1.807) is 6.20 Å². The molecule has 3 heterocycles.